The fourth-order valence-electron chi connectivity index (χ4n) is 2.68. The molecule has 0 spiro atoms. The van der Waals surface area contributed by atoms with E-state index in [2.05, 4.69) is 16.0 Å². The van der Waals surface area contributed by atoms with E-state index < -0.39 is 47.6 Å². The summed E-state index contributed by atoms with van der Waals surface area (Å²) in [7, 11) is 0. The molecular weight excluding hydrogens is 418 g/mol. The first-order valence-electron chi connectivity index (χ1n) is 10.3. The minimum atomic E-state index is -1.20. The van der Waals surface area contributed by atoms with Crippen molar-refractivity contribution >= 4 is 23.9 Å². The lowest BCUT2D eigenvalue weighted by atomic mass is 10.0. The van der Waals surface area contributed by atoms with Gasteiger partial charge in [0, 0.05) is 6.42 Å². The van der Waals surface area contributed by atoms with Gasteiger partial charge in [0.25, 0.3) is 0 Å². The van der Waals surface area contributed by atoms with Crippen LogP contribution in [0.2, 0.25) is 0 Å². The summed E-state index contributed by atoms with van der Waals surface area (Å²) in [6, 6.07) is 2.88. The zero-order chi connectivity index (χ0) is 24.6. The van der Waals surface area contributed by atoms with Crippen LogP contribution in [0.5, 0.6) is 5.75 Å². The quantitative estimate of drug-likeness (QED) is 0.382. The Bertz CT molecular complexity index is 816. The predicted molar refractivity (Wildman–Crippen MR) is 117 cm³/mol. The van der Waals surface area contributed by atoms with E-state index in [1.54, 1.807) is 46.8 Å². The van der Waals surface area contributed by atoms with Crippen molar-refractivity contribution in [2.45, 2.75) is 71.7 Å². The second kappa shape index (κ2) is 11.4. The Balaban J connectivity index is 3.04. The zero-order valence-corrected chi connectivity index (χ0v) is 19.3. The van der Waals surface area contributed by atoms with Crippen LogP contribution in [-0.2, 0) is 25.5 Å². The van der Waals surface area contributed by atoms with Crippen LogP contribution >= 0.6 is 0 Å². The lowest BCUT2D eigenvalue weighted by molar-refractivity contribution is -0.142. The maximum absolute atomic E-state index is 13.0. The molecule has 0 aliphatic carbocycles. The Hall–Kier alpha value is -3.30. The number of carbonyl (C=O) groups excluding carboxylic acids is 3. The zero-order valence-electron chi connectivity index (χ0n) is 19.3. The summed E-state index contributed by atoms with van der Waals surface area (Å²) in [6.07, 6.45) is -0.731. The van der Waals surface area contributed by atoms with Crippen molar-refractivity contribution in [3.05, 3.63) is 29.8 Å². The molecule has 0 aliphatic heterocycles. The molecule has 0 aromatic heterocycles. The van der Waals surface area contributed by atoms with Crippen molar-refractivity contribution in [2.75, 3.05) is 0 Å². The van der Waals surface area contributed by atoms with E-state index in [1.807, 2.05) is 0 Å². The number of rotatable bonds is 9. The van der Waals surface area contributed by atoms with E-state index in [0.29, 0.717) is 5.56 Å². The summed E-state index contributed by atoms with van der Waals surface area (Å²) in [5.41, 5.74) is -0.124. The molecule has 10 nitrogen and oxygen atoms in total. The standard InChI is InChI=1S/C22H33N3O7/c1-12(2)17(19(28)23-13(3)20(29)30)25-18(27)16(24-21(31)32-22(4,5)6)11-14-7-9-15(26)10-8-14/h7-10,12-13,16-17,26H,11H2,1-6H3,(H,23,28)(H,24,31)(H,25,27)(H,29,30)/t13-,16-,17?/m0/s1. The number of amides is 3. The van der Waals surface area contributed by atoms with Crippen LogP contribution in [0.4, 0.5) is 4.79 Å². The summed E-state index contributed by atoms with van der Waals surface area (Å²) < 4.78 is 5.24. The van der Waals surface area contributed by atoms with Gasteiger partial charge in [-0.25, -0.2) is 4.79 Å². The van der Waals surface area contributed by atoms with Gasteiger partial charge in [-0.05, 0) is 51.3 Å². The summed E-state index contributed by atoms with van der Waals surface area (Å²) in [4.78, 5) is 48.9. The molecule has 178 valence electrons. The van der Waals surface area contributed by atoms with Crippen LogP contribution in [0, 0.1) is 5.92 Å². The van der Waals surface area contributed by atoms with Crippen LogP contribution in [0.15, 0.2) is 24.3 Å². The SMILES string of the molecule is CC(C)C(NC(=O)[C@H](Cc1ccc(O)cc1)NC(=O)OC(C)(C)C)C(=O)N[C@@H](C)C(=O)O. The third-order valence-corrected chi connectivity index (χ3v) is 4.36. The fraction of sp³-hybridized carbons (Fsp3) is 0.545. The molecular formula is C22H33N3O7. The molecule has 0 saturated heterocycles. The highest BCUT2D eigenvalue weighted by molar-refractivity contribution is 5.93. The number of carboxylic acid groups (broad SMARTS) is 1. The number of aliphatic carboxylic acids is 1. The number of phenolic OH excluding ortho intramolecular Hbond substituents is 1. The smallest absolute Gasteiger partial charge is 0.408 e. The maximum Gasteiger partial charge on any atom is 0.408 e. The number of nitrogens with one attached hydrogen (secondary N) is 3. The van der Waals surface area contributed by atoms with Gasteiger partial charge in [0.1, 0.15) is 29.5 Å². The molecule has 1 rings (SSSR count). The third kappa shape index (κ3) is 9.23. The van der Waals surface area contributed by atoms with Gasteiger partial charge in [0.15, 0.2) is 0 Å². The second-order valence-electron chi connectivity index (χ2n) is 8.87. The number of hydrogen-bond acceptors (Lipinski definition) is 6. The van der Waals surface area contributed by atoms with Gasteiger partial charge < -0.3 is 30.9 Å². The maximum atomic E-state index is 13.0. The first-order chi connectivity index (χ1) is 14.7. The predicted octanol–water partition coefficient (Wildman–Crippen LogP) is 1.56. The fourth-order valence-corrected chi connectivity index (χ4v) is 2.68. The Morgan fingerprint density at radius 3 is 1.97 bits per heavy atom. The van der Waals surface area contributed by atoms with E-state index >= 15 is 0 Å². The van der Waals surface area contributed by atoms with Crippen LogP contribution < -0.4 is 16.0 Å². The lowest BCUT2D eigenvalue weighted by Crippen LogP contribution is -2.57. The van der Waals surface area contributed by atoms with Gasteiger partial charge in [-0.1, -0.05) is 26.0 Å². The molecule has 1 aromatic carbocycles. The van der Waals surface area contributed by atoms with Crippen molar-refractivity contribution in [2.24, 2.45) is 5.92 Å². The van der Waals surface area contributed by atoms with Crippen LogP contribution in [-0.4, -0.2) is 57.8 Å². The van der Waals surface area contributed by atoms with Crippen molar-refractivity contribution < 1.29 is 34.1 Å². The number of carbonyl (C=O) groups is 4. The van der Waals surface area contributed by atoms with Crippen LogP contribution in [0.3, 0.4) is 0 Å². The molecule has 32 heavy (non-hydrogen) atoms. The summed E-state index contributed by atoms with van der Waals surface area (Å²) in [5.74, 6) is -2.79. The number of ether oxygens (including phenoxy) is 1. The molecule has 0 radical (unpaired) electrons. The van der Waals surface area contributed by atoms with Gasteiger partial charge >= 0.3 is 12.1 Å². The Kier molecular flexibility index (Phi) is 9.49. The topological polar surface area (TPSA) is 154 Å². The molecule has 3 amide bonds. The molecule has 0 fully saturated rings. The Morgan fingerprint density at radius 1 is 0.938 bits per heavy atom. The number of hydrogen-bond donors (Lipinski definition) is 5. The molecule has 0 saturated carbocycles. The largest absolute Gasteiger partial charge is 0.508 e. The van der Waals surface area contributed by atoms with Crippen molar-refractivity contribution in [3.8, 4) is 5.75 Å². The van der Waals surface area contributed by atoms with Crippen LogP contribution in [0.1, 0.15) is 47.1 Å². The van der Waals surface area contributed by atoms with Gasteiger partial charge in [0.05, 0.1) is 0 Å². The lowest BCUT2D eigenvalue weighted by Gasteiger charge is -2.27. The van der Waals surface area contributed by atoms with Gasteiger partial charge in [-0.2, -0.15) is 0 Å². The summed E-state index contributed by atoms with van der Waals surface area (Å²) in [5, 5.41) is 25.9. The number of aromatic hydroxyl groups is 1. The minimum Gasteiger partial charge on any atom is -0.508 e. The highest BCUT2D eigenvalue weighted by Gasteiger charge is 2.31. The monoisotopic (exact) mass is 451 g/mol. The average molecular weight is 452 g/mol. The molecule has 0 heterocycles. The van der Waals surface area contributed by atoms with Crippen molar-refractivity contribution in [1.82, 2.24) is 16.0 Å². The molecule has 5 N–H and O–H groups in total. The van der Waals surface area contributed by atoms with Crippen molar-refractivity contribution in [3.63, 3.8) is 0 Å². The molecule has 0 aliphatic rings. The number of alkyl carbamates (subject to hydrolysis) is 1. The molecule has 3 atom stereocenters. The van der Waals surface area contributed by atoms with Crippen LogP contribution in [0.25, 0.3) is 0 Å². The molecule has 10 heteroatoms. The first kappa shape index (κ1) is 26.7. The van der Waals surface area contributed by atoms with E-state index in [-0.39, 0.29) is 18.1 Å². The summed E-state index contributed by atoms with van der Waals surface area (Å²) in [6.45, 7) is 9.77. The van der Waals surface area contributed by atoms with Gasteiger partial charge in [-0.15, -0.1) is 0 Å². The Morgan fingerprint density at radius 2 is 1.50 bits per heavy atom. The normalized spacial score (nSPS) is 14.1. The number of carboxylic acids is 1. The van der Waals surface area contributed by atoms with E-state index in [1.165, 1.54) is 19.1 Å². The highest BCUT2D eigenvalue weighted by atomic mass is 16.6. The Labute approximate surface area is 187 Å². The number of phenols is 1. The summed E-state index contributed by atoms with van der Waals surface area (Å²) >= 11 is 0. The molecule has 0 bridgehead atoms. The third-order valence-electron chi connectivity index (χ3n) is 4.36. The minimum absolute atomic E-state index is 0.0546. The average Bonchev–Trinajstić information content (AvgIpc) is 2.65. The molecule has 1 aromatic rings. The molecule has 1 unspecified atom stereocenters. The van der Waals surface area contributed by atoms with Gasteiger partial charge in [-0.3, -0.25) is 14.4 Å². The van der Waals surface area contributed by atoms with Gasteiger partial charge in [0.2, 0.25) is 11.8 Å². The number of benzene rings is 1. The second-order valence-corrected chi connectivity index (χ2v) is 8.87. The van der Waals surface area contributed by atoms with E-state index in [4.69, 9.17) is 9.84 Å². The first-order valence-corrected chi connectivity index (χ1v) is 10.3. The van der Waals surface area contributed by atoms with E-state index in [0.717, 1.165) is 0 Å². The highest BCUT2D eigenvalue weighted by Crippen LogP contribution is 2.13. The van der Waals surface area contributed by atoms with E-state index in [9.17, 15) is 24.3 Å². The van der Waals surface area contributed by atoms with Crippen molar-refractivity contribution in [1.29, 1.82) is 0 Å².